The zero-order valence-electron chi connectivity index (χ0n) is 19.0. The number of carbonyl (C=O) groups is 1. The van der Waals surface area contributed by atoms with Gasteiger partial charge in [0.1, 0.15) is 18.2 Å². The first-order valence-electron chi connectivity index (χ1n) is 10.9. The van der Waals surface area contributed by atoms with E-state index in [1.165, 1.54) is 4.31 Å². The van der Waals surface area contributed by atoms with Gasteiger partial charge in [-0.1, -0.05) is 25.4 Å². The lowest BCUT2D eigenvalue weighted by molar-refractivity contribution is -0.121. The molecule has 1 amide bonds. The fraction of sp³-hybridized carbons (Fsp3) is 0.391. The number of benzene rings is 2. The van der Waals surface area contributed by atoms with E-state index in [2.05, 4.69) is 10.3 Å². The lowest BCUT2D eigenvalue weighted by atomic mass is 10.3. The van der Waals surface area contributed by atoms with Gasteiger partial charge in [0.2, 0.25) is 15.9 Å². The van der Waals surface area contributed by atoms with Gasteiger partial charge in [-0.2, -0.15) is 4.31 Å². The third-order valence-corrected chi connectivity index (χ3v) is 7.67. The summed E-state index contributed by atoms with van der Waals surface area (Å²) in [5, 5.41) is 3.47. The van der Waals surface area contributed by atoms with Crippen molar-refractivity contribution >= 4 is 38.6 Å². The number of amides is 1. The van der Waals surface area contributed by atoms with Gasteiger partial charge < -0.3 is 14.6 Å². The number of hydrogen-bond acceptors (Lipinski definition) is 5. The fourth-order valence-electron chi connectivity index (χ4n) is 3.53. The van der Waals surface area contributed by atoms with Crippen molar-refractivity contribution < 1.29 is 17.9 Å². The van der Waals surface area contributed by atoms with Crippen LogP contribution in [0.1, 0.15) is 26.1 Å². The Kier molecular flexibility index (Phi) is 8.34. The van der Waals surface area contributed by atoms with Crippen LogP contribution >= 0.6 is 11.6 Å². The molecule has 0 unspecified atom stereocenters. The zero-order valence-corrected chi connectivity index (χ0v) is 20.6. The van der Waals surface area contributed by atoms with E-state index in [-0.39, 0.29) is 17.2 Å². The molecule has 8 nitrogen and oxygen atoms in total. The molecule has 3 rings (SSSR count). The minimum Gasteiger partial charge on any atom is -0.492 e. The Balaban J connectivity index is 1.57. The van der Waals surface area contributed by atoms with E-state index in [4.69, 9.17) is 16.3 Å². The molecule has 33 heavy (non-hydrogen) atoms. The molecule has 0 saturated heterocycles. The summed E-state index contributed by atoms with van der Waals surface area (Å²) in [5.41, 5.74) is 1.41. The molecule has 1 aromatic heterocycles. The number of hydrogen-bond donors (Lipinski definition) is 1. The smallest absolute Gasteiger partial charge is 0.243 e. The predicted octanol–water partition coefficient (Wildman–Crippen LogP) is 3.39. The van der Waals surface area contributed by atoms with E-state index in [0.29, 0.717) is 49.0 Å². The van der Waals surface area contributed by atoms with E-state index >= 15 is 0 Å². The van der Waals surface area contributed by atoms with Crippen LogP contribution in [0.25, 0.3) is 11.0 Å². The molecular formula is C23H29ClN4O4S. The number of halogens is 1. The van der Waals surface area contributed by atoms with Crippen molar-refractivity contribution in [1.29, 1.82) is 0 Å². The van der Waals surface area contributed by atoms with Crippen LogP contribution in [0.4, 0.5) is 0 Å². The molecule has 0 saturated carbocycles. The van der Waals surface area contributed by atoms with Crippen molar-refractivity contribution in [1.82, 2.24) is 19.2 Å². The quantitative estimate of drug-likeness (QED) is 0.414. The third-order valence-electron chi connectivity index (χ3n) is 5.37. The van der Waals surface area contributed by atoms with E-state index < -0.39 is 10.0 Å². The van der Waals surface area contributed by atoms with Crippen molar-refractivity contribution in [3.63, 3.8) is 0 Å². The first kappa shape index (κ1) is 25.0. The maximum atomic E-state index is 12.8. The Hall–Kier alpha value is -2.62. The molecule has 0 aliphatic carbocycles. The number of rotatable bonds is 11. The van der Waals surface area contributed by atoms with Crippen molar-refractivity contribution in [2.75, 3.05) is 26.2 Å². The molecule has 1 N–H and O–H groups in total. The normalized spacial score (nSPS) is 11.8. The van der Waals surface area contributed by atoms with Crippen LogP contribution in [-0.4, -0.2) is 54.4 Å². The van der Waals surface area contributed by atoms with Crippen LogP contribution in [0.5, 0.6) is 5.75 Å². The maximum Gasteiger partial charge on any atom is 0.243 e. The second kappa shape index (κ2) is 11.0. The van der Waals surface area contributed by atoms with E-state index in [0.717, 1.165) is 11.3 Å². The summed E-state index contributed by atoms with van der Waals surface area (Å²) < 4.78 is 34.5. The molecule has 0 atom stereocenters. The summed E-state index contributed by atoms with van der Waals surface area (Å²) >= 11 is 5.84. The minimum atomic E-state index is -3.56. The first-order chi connectivity index (χ1) is 15.8. The van der Waals surface area contributed by atoms with Gasteiger partial charge in [-0.15, -0.1) is 0 Å². The largest absolute Gasteiger partial charge is 0.492 e. The highest BCUT2D eigenvalue weighted by molar-refractivity contribution is 7.89. The van der Waals surface area contributed by atoms with Gasteiger partial charge in [-0.3, -0.25) is 4.79 Å². The topological polar surface area (TPSA) is 93.5 Å². The summed E-state index contributed by atoms with van der Waals surface area (Å²) in [4.78, 5) is 17.0. The molecule has 0 radical (unpaired) electrons. The summed E-state index contributed by atoms with van der Waals surface area (Å²) in [6, 6.07) is 12.0. The Morgan fingerprint density at radius 3 is 2.52 bits per heavy atom. The van der Waals surface area contributed by atoms with Gasteiger partial charge in [-0.05, 0) is 42.5 Å². The average Bonchev–Trinajstić information content (AvgIpc) is 3.12. The van der Waals surface area contributed by atoms with E-state index in [1.54, 1.807) is 42.5 Å². The molecule has 0 aliphatic heterocycles. The van der Waals surface area contributed by atoms with Crippen molar-refractivity contribution in [3.8, 4) is 5.75 Å². The van der Waals surface area contributed by atoms with Crippen molar-refractivity contribution in [3.05, 3.63) is 53.3 Å². The number of nitrogens with zero attached hydrogens (tertiary/aromatic N) is 3. The Bertz CT molecular complexity index is 1210. The van der Waals surface area contributed by atoms with Crippen molar-refractivity contribution in [2.45, 2.75) is 31.6 Å². The highest BCUT2D eigenvalue weighted by Crippen LogP contribution is 2.23. The highest BCUT2D eigenvalue weighted by atomic mass is 35.5. The van der Waals surface area contributed by atoms with Gasteiger partial charge in [0.05, 0.1) is 22.5 Å². The van der Waals surface area contributed by atoms with Crippen LogP contribution in [0.3, 0.4) is 0 Å². The number of imidazole rings is 1. The van der Waals surface area contributed by atoms with Crippen LogP contribution in [0, 0.1) is 0 Å². The van der Waals surface area contributed by atoms with Crippen molar-refractivity contribution in [2.24, 2.45) is 7.05 Å². The first-order valence-corrected chi connectivity index (χ1v) is 12.7. The maximum absolute atomic E-state index is 12.8. The second-order valence-electron chi connectivity index (χ2n) is 7.48. The number of sulfonamides is 1. The number of nitrogens with one attached hydrogen (secondary N) is 1. The lowest BCUT2D eigenvalue weighted by Crippen LogP contribution is -2.30. The molecule has 10 heteroatoms. The summed E-state index contributed by atoms with van der Waals surface area (Å²) in [6.07, 6.45) is 0.704. The number of aromatic nitrogens is 2. The molecular weight excluding hydrogens is 464 g/mol. The van der Waals surface area contributed by atoms with E-state index in [1.807, 2.05) is 25.5 Å². The second-order valence-corrected chi connectivity index (χ2v) is 9.85. The Labute approximate surface area is 199 Å². The summed E-state index contributed by atoms with van der Waals surface area (Å²) in [5.74, 6) is 1.30. The van der Waals surface area contributed by atoms with Crippen LogP contribution in [0.2, 0.25) is 5.02 Å². The molecule has 0 aliphatic rings. The Morgan fingerprint density at radius 2 is 1.85 bits per heavy atom. The van der Waals surface area contributed by atoms with Crippen LogP contribution < -0.4 is 10.1 Å². The highest BCUT2D eigenvalue weighted by Gasteiger charge is 2.22. The molecule has 0 bridgehead atoms. The molecule has 2 aromatic carbocycles. The third kappa shape index (κ3) is 6.04. The summed E-state index contributed by atoms with van der Waals surface area (Å²) in [6.45, 7) is 5.18. The molecule has 1 heterocycles. The monoisotopic (exact) mass is 492 g/mol. The Morgan fingerprint density at radius 1 is 1.15 bits per heavy atom. The molecule has 0 fully saturated rings. The standard InChI is InChI=1S/C23H29ClN4O4S/c1-4-28(5-2)33(30,31)19-10-11-21-20(16-19)26-22(27(21)3)12-13-23(29)25-14-15-32-18-8-6-17(24)7-9-18/h6-11,16H,4-5,12-15H2,1-3H3,(H,25,29). The lowest BCUT2D eigenvalue weighted by Gasteiger charge is -2.18. The number of carbonyl (C=O) groups excluding carboxylic acids is 1. The number of ether oxygens (including phenoxy) is 1. The number of fused-ring (bicyclic) bond motifs is 1. The van der Waals surface area contributed by atoms with E-state index in [9.17, 15) is 13.2 Å². The molecule has 0 spiro atoms. The van der Waals surface area contributed by atoms with Gasteiger partial charge >= 0.3 is 0 Å². The zero-order chi connectivity index (χ0) is 24.0. The SMILES string of the molecule is CCN(CC)S(=O)(=O)c1ccc2c(c1)nc(CCC(=O)NCCOc1ccc(Cl)cc1)n2C. The predicted molar refractivity (Wildman–Crippen MR) is 129 cm³/mol. The summed E-state index contributed by atoms with van der Waals surface area (Å²) in [7, 11) is -1.69. The average molecular weight is 493 g/mol. The van der Waals surface area contributed by atoms with Gasteiger partial charge in [-0.25, -0.2) is 13.4 Å². The van der Waals surface area contributed by atoms with Crippen LogP contribution in [0.15, 0.2) is 47.4 Å². The fourth-order valence-corrected chi connectivity index (χ4v) is 5.13. The molecule has 178 valence electrons. The molecule has 3 aromatic rings. The van der Waals surface area contributed by atoms with Crippen LogP contribution in [-0.2, 0) is 28.3 Å². The van der Waals surface area contributed by atoms with Gasteiger partial charge in [0, 0.05) is 38.0 Å². The minimum absolute atomic E-state index is 0.105. The van der Waals surface area contributed by atoms with Gasteiger partial charge in [0.15, 0.2) is 0 Å². The van der Waals surface area contributed by atoms with Gasteiger partial charge in [0.25, 0.3) is 0 Å². The number of aryl methyl sites for hydroxylation is 2.